The van der Waals surface area contributed by atoms with Crippen molar-refractivity contribution in [3.8, 4) is 0 Å². The average Bonchev–Trinajstić information content (AvgIpc) is 3.42. The van der Waals surface area contributed by atoms with Gasteiger partial charge in [0.15, 0.2) is 5.78 Å². The summed E-state index contributed by atoms with van der Waals surface area (Å²) in [5.41, 5.74) is 0.0323. The first kappa shape index (κ1) is 18.7. The second kappa shape index (κ2) is 7.79. The molecular formula is C20H21N3O4S. The number of esters is 1. The first-order valence-electron chi connectivity index (χ1n) is 9.49. The predicted molar refractivity (Wildman–Crippen MR) is 103 cm³/mol. The lowest BCUT2D eigenvalue weighted by molar-refractivity contribution is -0.149. The fourth-order valence-electron chi connectivity index (χ4n) is 4.03. The third-order valence-electron chi connectivity index (χ3n) is 5.45. The number of amides is 1. The first-order chi connectivity index (χ1) is 13.6. The molecule has 2 heterocycles. The number of aryl methyl sites for hydroxylation is 1. The molecule has 1 unspecified atom stereocenters. The number of carbonyl (C=O) groups excluding carboxylic acids is 3. The van der Waals surface area contributed by atoms with Gasteiger partial charge in [-0.15, -0.1) is 10.2 Å². The quantitative estimate of drug-likeness (QED) is 0.592. The third kappa shape index (κ3) is 3.82. The maximum absolute atomic E-state index is 12.7. The van der Waals surface area contributed by atoms with E-state index < -0.39 is 11.5 Å². The van der Waals surface area contributed by atoms with Crippen LogP contribution in [-0.4, -0.2) is 33.5 Å². The van der Waals surface area contributed by atoms with Crippen LogP contribution >= 0.6 is 11.3 Å². The van der Waals surface area contributed by atoms with E-state index in [0.29, 0.717) is 28.5 Å². The molecule has 1 aliphatic carbocycles. The van der Waals surface area contributed by atoms with Gasteiger partial charge in [-0.05, 0) is 25.7 Å². The molecule has 1 amide bonds. The number of hydrogen-bond donors (Lipinski definition) is 1. The van der Waals surface area contributed by atoms with Crippen LogP contribution in [0.15, 0.2) is 30.3 Å². The summed E-state index contributed by atoms with van der Waals surface area (Å²) >= 11 is 1.26. The van der Waals surface area contributed by atoms with Crippen LogP contribution in [-0.2, 0) is 20.7 Å². The minimum absolute atomic E-state index is 0.0474. The van der Waals surface area contributed by atoms with Gasteiger partial charge in [-0.2, -0.15) is 0 Å². The highest BCUT2D eigenvalue weighted by Crippen LogP contribution is 2.46. The molecule has 2 aliphatic rings. The van der Waals surface area contributed by atoms with Crippen molar-refractivity contribution in [3.63, 3.8) is 0 Å². The Morgan fingerprint density at radius 3 is 2.68 bits per heavy atom. The van der Waals surface area contributed by atoms with Gasteiger partial charge in [0.05, 0.1) is 12.3 Å². The molecule has 7 nitrogen and oxygen atoms in total. The van der Waals surface area contributed by atoms with Crippen LogP contribution in [0.5, 0.6) is 0 Å². The molecule has 1 aromatic heterocycles. The summed E-state index contributed by atoms with van der Waals surface area (Å²) in [5, 5.41) is 11.9. The highest BCUT2D eigenvalue weighted by Gasteiger charge is 2.54. The van der Waals surface area contributed by atoms with Crippen molar-refractivity contribution in [2.45, 2.75) is 50.5 Å². The smallest absolute Gasteiger partial charge is 0.307 e. The first-order valence-corrected chi connectivity index (χ1v) is 10.3. The SMILES string of the molecule is O=C1CC(C(=O)Nc2nnc(CCC(=O)c3ccccc3)s2)C2(CCCC2)O1. The van der Waals surface area contributed by atoms with E-state index in [-0.39, 0.29) is 24.1 Å². The maximum atomic E-state index is 12.7. The number of anilines is 1. The summed E-state index contributed by atoms with van der Waals surface area (Å²) in [5.74, 6) is -0.976. The fraction of sp³-hybridized carbons (Fsp3) is 0.450. The van der Waals surface area contributed by atoms with Gasteiger partial charge in [-0.25, -0.2) is 0 Å². The molecule has 1 aliphatic heterocycles. The Hall–Kier alpha value is -2.61. The Morgan fingerprint density at radius 2 is 1.93 bits per heavy atom. The summed E-state index contributed by atoms with van der Waals surface area (Å²) in [6.07, 6.45) is 4.32. The Balaban J connectivity index is 1.35. The number of hydrogen-bond acceptors (Lipinski definition) is 7. The summed E-state index contributed by atoms with van der Waals surface area (Å²) in [6, 6.07) is 9.12. The Bertz CT molecular complexity index is 890. The van der Waals surface area contributed by atoms with Gasteiger partial charge in [-0.3, -0.25) is 14.4 Å². The van der Waals surface area contributed by atoms with Gasteiger partial charge < -0.3 is 10.1 Å². The van der Waals surface area contributed by atoms with E-state index in [9.17, 15) is 14.4 Å². The molecule has 1 saturated carbocycles. The van der Waals surface area contributed by atoms with Crippen molar-refractivity contribution in [1.29, 1.82) is 0 Å². The van der Waals surface area contributed by atoms with E-state index in [1.807, 2.05) is 18.2 Å². The minimum Gasteiger partial charge on any atom is -0.458 e. The van der Waals surface area contributed by atoms with E-state index in [2.05, 4.69) is 15.5 Å². The van der Waals surface area contributed by atoms with Crippen LogP contribution in [0.4, 0.5) is 5.13 Å². The van der Waals surface area contributed by atoms with Gasteiger partial charge in [0.1, 0.15) is 10.6 Å². The molecule has 1 aromatic carbocycles. The van der Waals surface area contributed by atoms with Gasteiger partial charge in [0, 0.05) is 18.4 Å². The van der Waals surface area contributed by atoms with Crippen LogP contribution < -0.4 is 5.32 Å². The number of carbonyl (C=O) groups is 3. The van der Waals surface area contributed by atoms with Gasteiger partial charge in [0.25, 0.3) is 0 Å². The van der Waals surface area contributed by atoms with Crippen molar-refractivity contribution < 1.29 is 19.1 Å². The van der Waals surface area contributed by atoms with E-state index in [1.54, 1.807) is 12.1 Å². The van der Waals surface area contributed by atoms with E-state index in [4.69, 9.17) is 4.74 Å². The summed E-state index contributed by atoms with van der Waals surface area (Å²) < 4.78 is 5.52. The van der Waals surface area contributed by atoms with Crippen LogP contribution in [0.1, 0.15) is 53.9 Å². The van der Waals surface area contributed by atoms with Crippen LogP contribution in [0.3, 0.4) is 0 Å². The summed E-state index contributed by atoms with van der Waals surface area (Å²) in [6.45, 7) is 0. The number of ether oxygens (including phenoxy) is 1. The molecule has 1 atom stereocenters. The molecule has 1 N–H and O–H groups in total. The molecule has 1 spiro atoms. The van der Waals surface area contributed by atoms with Gasteiger partial charge in [-0.1, -0.05) is 41.7 Å². The van der Waals surface area contributed by atoms with Crippen molar-refractivity contribution in [1.82, 2.24) is 10.2 Å². The van der Waals surface area contributed by atoms with Gasteiger partial charge >= 0.3 is 5.97 Å². The monoisotopic (exact) mass is 399 g/mol. The van der Waals surface area contributed by atoms with Crippen LogP contribution in [0, 0.1) is 5.92 Å². The highest BCUT2D eigenvalue weighted by molar-refractivity contribution is 7.15. The molecule has 2 fully saturated rings. The maximum Gasteiger partial charge on any atom is 0.307 e. The number of nitrogens with one attached hydrogen (secondary N) is 1. The topological polar surface area (TPSA) is 98.3 Å². The number of rotatable bonds is 6. The molecule has 4 rings (SSSR count). The normalized spacial score (nSPS) is 20.3. The second-order valence-corrected chi connectivity index (χ2v) is 8.34. The van der Waals surface area contributed by atoms with E-state index in [0.717, 1.165) is 25.7 Å². The standard InChI is InChI=1S/C20H21N3O4S/c24-15(13-6-2-1-3-7-13)8-9-16-22-23-19(28-16)21-18(26)14-12-17(25)27-20(14)10-4-5-11-20/h1-3,6-7,14H,4-5,8-12H2,(H,21,23,26). The Kier molecular flexibility index (Phi) is 5.21. The zero-order valence-electron chi connectivity index (χ0n) is 15.3. The van der Waals surface area contributed by atoms with Crippen LogP contribution in [0.25, 0.3) is 0 Å². The lowest BCUT2D eigenvalue weighted by Crippen LogP contribution is -2.39. The highest BCUT2D eigenvalue weighted by atomic mass is 32.1. The molecule has 8 heteroatoms. The number of aromatic nitrogens is 2. The third-order valence-corrected chi connectivity index (χ3v) is 6.35. The zero-order chi connectivity index (χ0) is 19.6. The van der Waals surface area contributed by atoms with Gasteiger partial charge in [0.2, 0.25) is 11.0 Å². The molecule has 2 aromatic rings. The van der Waals surface area contributed by atoms with Crippen molar-refractivity contribution in [2.24, 2.45) is 5.92 Å². The number of benzene rings is 1. The minimum atomic E-state index is -0.642. The molecule has 1 saturated heterocycles. The summed E-state index contributed by atoms with van der Waals surface area (Å²) in [7, 11) is 0. The number of Topliss-reactive ketones (excluding diaryl/α,β-unsaturated/α-hetero) is 1. The zero-order valence-corrected chi connectivity index (χ0v) is 16.2. The fourth-order valence-corrected chi connectivity index (χ4v) is 4.78. The van der Waals surface area contributed by atoms with Crippen molar-refractivity contribution >= 4 is 34.1 Å². The number of ketones is 1. The molecule has 0 radical (unpaired) electrons. The predicted octanol–water partition coefficient (Wildman–Crippen LogP) is 3.17. The van der Waals surface area contributed by atoms with E-state index >= 15 is 0 Å². The molecule has 0 bridgehead atoms. The number of nitrogens with zero attached hydrogens (tertiary/aromatic N) is 2. The van der Waals surface area contributed by atoms with E-state index in [1.165, 1.54) is 11.3 Å². The Morgan fingerprint density at radius 1 is 1.18 bits per heavy atom. The largest absolute Gasteiger partial charge is 0.458 e. The molecule has 28 heavy (non-hydrogen) atoms. The Labute approximate surface area is 166 Å². The molecule has 146 valence electrons. The molecular weight excluding hydrogens is 378 g/mol. The second-order valence-electron chi connectivity index (χ2n) is 7.28. The lowest BCUT2D eigenvalue weighted by atomic mass is 9.85. The van der Waals surface area contributed by atoms with Crippen LogP contribution in [0.2, 0.25) is 0 Å². The average molecular weight is 399 g/mol. The summed E-state index contributed by atoms with van der Waals surface area (Å²) in [4.78, 5) is 36.7. The lowest BCUT2D eigenvalue weighted by Gasteiger charge is -2.27. The van der Waals surface area contributed by atoms with Crippen molar-refractivity contribution in [3.05, 3.63) is 40.9 Å². The van der Waals surface area contributed by atoms with Crippen molar-refractivity contribution in [2.75, 3.05) is 5.32 Å².